The van der Waals surface area contributed by atoms with E-state index in [4.69, 9.17) is 4.74 Å². The zero-order valence-corrected chi connectivity index (χ0v) is 13.2. The first-order chi connectivity index (χ1) is 8.97. The van der Waals surface area contributed by atoms with Crippen LogP contribution in [0.15, 0.2) is 45.3 Å². The molecule has 0 bridgehead atoms. The lowest BCUT2D eigenvalue weighted by Crippen LogP contribution is -1.93. The maximum atomic E-state index is 13.6. The lowest BCUT2D eigenvalue weighted by molar-refractivity contribution is 0.199. The van der Waals surface area contributed by atoms with Crippen LogP contribution in [0.4, 0.5) is 4.39 Å². The van der Waals surface area contributed by atoms with E-state index < -0.39 is 11.9 Å². The Labute approximate surface area is 127 Å². The fourth-order valence-corrected chi connectivity index (χ4v) is 2.35. The topological polar surface area (TPSA) is 29.5 Å². The quantitative estimate of drug-likeness (QED) is 0.781. The normalized spacial score (nSPS) is 12.3. The first-order valence-electron chi connectivity index (χ1n) is 5.58. The van der Waals surface area contributed by atoms with Gasteiger partial charge in [0.2, 0.25) is 0 Å². The van der Waals surface area contributed by atoms with Crippen molar-refractivity contribution in [3.63, 3.8) is 0 Å². The standard InChI is InChI=1S/C14H11Br2FO2/c1-8(18)9-2-5-13(11(16)6-9)19-14-7-10(15)3-4-12(14)17/h2-8,18H,1H3/t8-/m1/s1. The number of rotatable bonds is 3. The van der Waals surface area contributed by atoms with Crippen LogP contribution in [0.2, 0.25) is 0 Å². The van der Waals surface area contributed by atoms with Crippen molar-refractivity contribution in [2.24, 2.45) is 0 Å². The van der Waals surface area contributed by atoms with Crippen LogP contribution in [-0.2, 0) is 0 Å². The van der Waals surface area contributed by atoms with Gasteiger partial charge in [-0.25, -0.2) is 4.39 Å². The molecule has 1 atom stereocenters. The molecule has 100 valence electrons. The average Bonchev–Trinajstić information content (AvgIpc) is 2.36. The Morgan fingerprint density at radius 3 is 2.47 bits per heavy atom. The molecule has 2 nitrogen and oxygen atoms in total. The molecule has 0 saturated carbocycles. The first-order valence-corrected chi connectivity index (χ1v) is 7.16. The highest BCUT2D eigenvalue weighted by molar-refractivity contribution is 9.10. The monoisotopic (exact) mass is 388 g/mol. The van der Waals surface area contributed by atoms with Crippen LogP contribution in [0.5, 0.6) is 11.5 Å². The van der Waals surface area contributed by atoms with Gasteiger partial charge in [0.1, 0.15) is 5.75 Å². The van der Waals surface area contributed by atoms with Crippen molar-refractivity contribution in [2.45, 2.75) is 13.0 Å². The third-order valence-corrected chi connectivity index (χ3v) is 3.66. The number of benzene rings is 2. The summed E-state index contributed by atoms with van der Waals surface area (Å²) in [5.74, 6) is 0.191. The molecule has 2 aromatic carbocycles. The number of aliphatic hydroxyl groups is 1. The number of hydrogen-bond acceptors (Lipinski definition) is 2. The van der Waals surface area contributed by atoms with Gasteiger partial charge in [-0.3, -0.25) is 0 Å². The van der Waals surface area contributed by atoms with Gasteiger partial charge in [-0.2, -0.15) is 0 Å². The molecule has 0 aliphatic rings. The van der Waals surface area contributed by atoms with E-state index in [2.05, 4.69) is 31.9 Å². The molecule has 0 radical (unpaired) electrons. The predicted octanol–water partition coefficient (Wildman–Crippen LogP) is 5.20. The van der Waals surface area contributed by atoms with Crippen molar-refractivity contribution < 1.29 is 14.2 Å². The minimum absolute atomic E-state index is 0.139. The van der Waals surface area contributed by atoms with Crippen LogP contribution in [0, 0.1) is 5.82 Å². The highest BCUT2D eigenvalue weighted by Crippen LogP contribution is 2.34. The molecule has 2 aromatic rings. The van der Waals surface area contributed by atoms with Crippen LogP contribution >= 0.6 is 31.9 Å². The van der Waals surface area contributed by atoms with E-state index in [1.54, 1.807) is 37.3 Å². The molecule has 0 amide bonds. The lowest BCUT2D eigenvalue weighted by Gasteiger charge is -2.11. The van der Waals surface area contributed by atoms with E-state index in [0.29, 0.717) is 10.2 Å². The second-order valence-electron chi connectivity index (χ2n) is 4.04. The summed E-state index contributed by atoms with van der Waals surface area (Å²) in [5.41, 5.74) is 0.758. The summed E-state index contributed by atoms with van der Waals surface area (Å²) in [6.45, 7) is 1.68. The number of ether oxygens (including phenoxy) is 1. The SMILES string of the molecule is C[C@@H](O)c1ccc(Oc2cc(Br)ccc2F)c(Br)c1. The Balaban J connectivity index is 2.31. The summed E-state index contributed by atoms with van der Waals surface area (Å²) in [6, 6.07) is 9.67. The molecule has 0 heterocycles. The second-order valence-corrected chi connectivity index (χ2v) is 5.81. The summed E-state index contributed by atoms with van der Waals surface area (Å²) in [6.07, 6.45) is -0.562. The third-order valence-electron chi connectivity index (χ3n) is 2.55. The van der Waals surface area contributed by atoms with E-state index in [0.717, 1.165) is 10.0 Å². The van der Waals surface area contributed by atoms with Crippen molar-refractivity contribution >= 4 is 31.9 Å². The van der Waals surface area contributed by atoms with E-state index in [-0.39, 0.29) is 5.75 Å². The molecule has 0 unspecified atom stereocenters. The van der Waals surface area contributed by atoms with Gasteiger partial charge in [0.05, 0.1) is 10.6 Å². The van der Waals surface area contributed by atoms with Gasteiger partial charge < -0.3 is 9.84 Å². The van der Waals surface area contributed by atoms with Gasteiger partial charge in [0.15, 0.2) is 11.6 Å². The molecular weight excluding hydrogens is 379 g/mol. The zero-order valence-electron chi connectivity index (χ0n) is 10.0. The minimum Gasteiger partial charge on any atom is -0.453 e. The fourth-order valence-electron chi connectivity index (χ4n) is 1.53. The fraction of sp³-hybridized carbons (Fsp3) is 0.143. The van der Waals surface area contributed by atoms with Gasteiger partial charge in [0, 0.05) is 4.47 Å². The van der Waals surface area contributed by atoms with Crippen molar-refractivity contribution in [1.29, 1.82) is 0 Å². The van der Waals surface area contributed by atoms with E-state index in [1.165, 1.54) is 6.07 Å². The molecule has 2 rings (SSSR count). The molecule has 0 aliphatic heterocycles. The highest BCUT2D eigenvalue weighted by Gasteiger charge is 2.10. The summed E-state index contributed by atoms with van der Waals surface area (Å²) >= 11 is 6.61. The van der Waals surface area contributed by atoms with E-state index >= 15 is 0 Å². The summed E-state index contributed by atoms with van der Waals surface area (Å²) in [5, 5.41) is 9.48. The zero-order chi connectivity index (χ0) is 14.0. The molecule has 0 aliphatic carbocycles. The molecule has 1 N–H and O–H groups in total. The van der Waals surface area contributed by atoms with Crippen LogP contribution in [-0.4, -0.2) is 5.11 Å². The Kier molecular flexibility index (Phi) is 4.60. The third kappa shape index (κ3) is 3.55. The number of aliphatic hydroxyl groups excluding tert-OH is 1. The Morgan fingerprint density at radius 2 is 1.84 bits per heavy atom. The maximum absolute atomic E-state index is 13.6. The molecule has 0 fully saturated rings. The molecule has 0 saturated heterocycles. The van der Waals surface area contributed by atoms with E-state index in [1.807, 2.05) is 0 Å². The van der Waals surface area contributed by atoms with Gasteiger partial charge in [-0.15, -0.1) is 0 Å². The van der Waals surface area contributed by atoms with Gasteiger partial charge in [0.25, 0.3) is 0 Å². The van der Waals surface area contributed by atoms with Crippen molar-refractivity contribution in [3.8, 4) is 11.5 Å². The second kappa shape index (κ2) is 6.03. The Bertz CT molecular complexity index is 600. The molecule has 5 heteroatoms. The van der Waals surface area contributed by atoms with Crippen LogP contribution in [0.25, 0.3) is 0 Å². The van der Waals surface area contributed by atoms with Crippen LogP contribution in [0.3, 0.4) is 0 Å². The van der Waals surface area contributed by atoms with Crippen molar-refractivity contribution in [3.05, 3.63) is 56.7 Å². The van der Waals surface area contributed by atoms with Gasteiger partial charge in [-0.05, 0) is 58.7 Å². The summed E-state index contributed by atoms with van der Waals surface area (Å²) < 4.78 is 20.5. The predicted molar refractivity (Wildman–Crippen MR) is 78.9 cm³/mol. The van der Waals surface area contributed by atoms with Gasteiger partial charge in [-0.1, -0.05) is 22.0 Å². The molecule has 19 heavy (non-hydrogen) atoms. The Hall–Kier alpha value is -0.910. The van der Waals surface area contributed by atoms with Crippen molar-refractivity contribution in [1.82, 2.24) is 0 Å². The Morgan fingerprint density at radius 1 is 1.11 bits per heavy atom. The van der Waals surface area contributed by atoms with Gasteiger partial charge >= 0.3 is 0 Å². The van der Waals surface area contributed by atoms with E-state index in [9.17, 15) is 9.50 Å². The average molecular weight is 390 g/mol. The highest BCUT2D eigenvalue weighted by atomic mass is 79.9. The summed E-state index contributed by atoms with van der Waals surface area (Å²) in [4.78, 5) is 0. The molecule has 0 aromatic heterocycles. The number of hydrogen-bond donors (Lipinski definition) is 1. The van der Waals surface area contributed by atoms with Crippen molar-refractivity contribution in [2.75, 3.05) is 0 Å². The number of halogens is 3. The maximum Gasteiger partial charge on any atom is 0.165 e. The largest absolute Gasteiger partial charge is 0.453 e. The van der Waals surface area contributed by atoms with Crippen LogP contribution < -0.4 is 4.74 Å². The van der Waals surface area contributed by atoms with Crippen LogP contribution in [0.1, 0.15) is 18.6 Å². The smallest absolute Gasteiger partial charge is 0.165 e. The summed E-state index contributed by atoms with van der Waals surface area (Å²) in [7, 11) is 0. The minimum atomic E-state index is -0.562. The molecule has 0 spiro atoms. The first kappa shape index (κ1) is 14.5. The molecular formula is C14H11Br2FO2. The lowest BCUT2D eigenvalue weighted by atomic mass is 10.1.